The number of aryl methyl sites for hydroxylation is 2. The minimum atomic E-state index is 0. The fraction of sp³-hybridized carbons (Fsp3) is 0.789. The van der Waals surface area contributed by atoms with Gasteiger partial charge in [-0.15, -0.1) is 35.3 Å². The first-order valence-corrected chi connectivity index (χ1v) is 10.6. The summed E-state index contributed by atoms with van der Waals surface area (Å²) in [6, 6.07) is 0.751. The molecule has 7 heteroatoms. The second-order valence-corrected chi connectivity index (χ2v) is 8.16. The quantitative estimate of drug-likeness (QED) is 0.252. The van der Waals surface area contributed by atoms with Crippen LogP contribution in [0.5, 0.6) is 0 Å². The molecule has 1 unspecified atom stereocenters. The third-order valence-corrected chi connectivity index (χ3v) is 6.05. The minimum absolute atomic E-state index is 0. The Morgan fingerprint density at radius 3 is 2.73 bits per heavy atom. The molecule has 0 amide bonds. The fourth-order valence-electron chi connectivity index (χ4n) is 3.41. The number of rotatable bonds is 8. The second kappa shape index (κ2) is 12.9. The Kier molecular flexibility index (Phi) is 11.7. The minimum Gasteiger partial charge on any atom is -0.356 e. The Morgan fingerprint density at radius 1 is 1.31 bits per heavy atom. The zero-order chi connectivity index (χ0) is 18.1. The summed E-state index contributed by atoms with van der Waals surface area (Å²) < 4.78 is 0. The van der Waals surface area contributed by atoms with Crippen LogP contribution in [0.1, 0.15) is 55.1 Å². The van der Waals surface area contributed by atoms with Crippen LogP contribution < -0.4 is 10.6 Å². The SMILES string of the molecule is CCc1nc(CCNC(=NC)NCCCN2CCCCC2C)sc1C.I. The number of aliphatic imine (C=N–C) groups is 1. The molecule has 0 aliphatic carbocycles. The second-order valence-electron chi connectivity index (χ2n) is 6.87. The number of aromatic nitrogens is 1. The first-order chi connectivity index (χ1) is 12.1. The number of nitrogens with one attached hydrogen (secondary N) is 2. The van der Waals surface area contributed by atoms with Gasteiger partial charge in [0.05, 0.1) is 10.7 Å². The molecule has 1 aromatic heterocycles. The molecule has 2 rings (SSSR count). The molecule has 0 radical (unpaired) electrons. The van der Waals surface area contributed by atoms with Crippen LogP contribution >= 0.6 is 35.3 Å². The molecule has 1 fully saturated rings. The molecule has 2 heterocycles. The number of hydrogen-bond acceptors (Lipinski definition) is 4. The third-order valence-electron chi connectivity index (χ3n) is 4.98. The van der Waals surface area contributed by atoms with Crippen LogP contribution in [-0.4, -0.2) is 55.1 Å². The van der Waals surface area contributed by atoms with E-state index in [1.165, 1.54) is 47.9 Å². The van der Waals surface area contributed by atoms with Gasteiger partial charge in [-0.05, 0) is 46.1 Å². The van der Waals surface area contributed by atoms with Gasteiger partial charge in [-0.25, -0.2) is 4.98 Å². The Bertz CT molecular complexity index is 546. The van der Waals surface area contributed by atoms with E-state index in [4.69, 9.17) is 4.98 Å². The summed E-state index contributed by atoms with van der Waals surface area (Å²) in [6.45, 7) is 11.0. The summed E-state index contributed by atoms with van der Waals surface area (Å²) in [5.41, 5.74) is 1.24. The third kappa shape index (κ3) is 7.68. The summed E-state index contributed by atoms with van der Waals surface area (Å²) in [5, 5.41) is 8.06. The van der Waals surface area contributed by atoms with E-state index in [0.717, 1.165) is 44.4 Å². The van der Waals surface area contributed by atoms with Crippen molar-refractivity contribution in [1.82, 2.24) is 20.5 Å². The van der Waals surface area contributed by atoms with Crippen molar-refractivity contribution in [3.8, 4) is 0 Å². The lowest BCUT2D eigenvalue weighted by molar-refractivity contribution is 0.159. The Balaban J connectivity index is 0.00000338. The highest BCUT2D eigenvalue weighted by molar-refractivity contribution is 14.0. The molecule has 1 aliphatic heterocycles. The average molecular weight is 494 g/mol. The van der Waals surface area contributed by atoms with Crippen LogP contribution in [0.3, 0.4) is 0 Å². The summed E-state index contributed by atoms with van der Waals surface area (Å²) >= 11 is 1.82. The molecule has 0 spiro atoms. The van der Waals surface area contributed by atoms with Gasteiger partial charge in [-0.3, -0.25) is 4.99 Å². The molecule has 0 saturated carbocycles. The normalized spacial score (nSPS) is 18.5. The van der Waals surface area contributed by atoms with Gasteiger partial charge in [0.1, 0.15) is 0 Å². The van der Waals surface area contributed by atoms with E-state index in [1.807, 2.05) is 18.4 Å². The number of hydrogen-bond donors (Lipinski definition) is 2. The number of piperidine rings is 1. The van der Waals surface area contributed by atoms with Gasteiger partial charge in [-0.2, -0.15) is 0 Å². The number of halogens is 1. The van der Waals surface area contributed by atoms with Crippen LogP contribution in [0.4, 0.5) is 0 Å². The zero-order valence-corrected chi connectivity index (χ0v) is 20.0. The summed E-state index contributed by atoms with van der Waals surface area (Å²) in [7, 11) is 1.84. The average Bonchev–Trinajstić information content (AvgIpc) is 2.98. The van der Waals surface area contributed by atoms with Crippen molar-refractivity contribution in [2.75, 3.05) is 33.2 Å². The number of guanidine groups is 1. The zero-order valence-electron chi connectivity index (χ0n) is 16.8. The highest BCUT2D eigenvalue weighted by atomic mass is 127. The lowest BCUT2D eigenvalue weighted by atomic mass is 10.0. The Labute approximate surface area is 180 Å². The summed E-state index contributed by atoms with van der Waals surface area (Å²) in [4.78, 5) is 13.0. The van der Waals surface area contributed by atoms with Gasteiger partial charge in [0.2, 0.25) is 0 Å². The first kappa shape index (κ1) is 23.6. The summed E-state index contributed by atoms with van der Waals surface area (Å²) in [6.07, 6.45) is 7.25. The molecular weight excluding hydrogens is 457 g/mol. The van der Waals surface area contributed by atoms with Gasteiger partial charge >= 0.3 is 0 Å². The van der Waals surface area contributed by atoms with Gasteiger partial charge in [0.25, 0.3) is 0 Å². The largest absolute Gasteiger partial charge is 0.356 e. The van der Waals surface area contributed by atoms with Crippen LogP contribution in [0, 0.1) is 6.92 Å². The molecule has 0 bridgehead atoms. The van der Waals surface area contributed by atoms with Crippen molar-refractivity contribution < 1.29 is 0 Å². The van der Waals surface area contributed by atoms with E-state index in [1.54, 1.807) is 0 Å². The molecule has 1 atom stereocenters. The van der Waals surface area contributed by atoms with Crippen molar-refractivity contribution in [3.63, 3.8) is 0 Å². The molecule has 150 valence electrons. The highest BCUT2D eigenvalue weighted by Gasteiger charge is 2.17. The molecule has 1 saturated heterocycles. The molecule has 0 aromatic carbocycles. The van der Waals surface area contributed by atoms with Gasteiger partial charge in [0.15, 0.2) is 5.96 Å². The predicted molar refractivity (Wildman–Crippen MR) is 124 cm³/mol. The van der Waals surface area contributed by atoms with E-state index in [9.17, 15) is 0 Å². The summed E-state index contributed by atoms with van der Waals surface area (Å²) in [5.74, 6) is 0.899. The van der Waals surface area contributed by atoms with Gasteiger partial charge in [-0.1, -0.05) is 13.3 Å². The van der Waals surface area contributed by atoms with Crippen LogP contribution in [0.2, 0.25) is 0 Å². The molecular formula is C19H36IN5S. The molecule has 5 nitrogen and oxygen atoms in total. The molecule has 26 heavy (non-hydrogen) atoms. The van der Waals surface area contributed by atoms with Crippen LogP contribution in [-0.2, 0) is 12.8 Å². The van der Waals surface area contributed by atoms with Crippen molar-refractivity contribution in [3.05, 3.63) is 15.6 Å². The topological polar surface area (TPSA) is 52.6 Å². The van der Waals surface area contributed by atoms with E-state index < -0.39 is 0 Å². The Hall–Kier alpha value is -0.410. The fourth-order valence-corrected chi connectivity index (χ4v) is 4.43. The maximum absolute atomic E-state index is 4.70. The molecule has 1 aromatic rings. The lowest BCUT2D eigenvalue weighted by Gasteiger charge is -2.33. The standard InChI is InChI=1S/C19H35N5S.HI/c1-5-17-16(3)25-18(23-17)10-12-22-19(20-4)21-11-8-14-24-13-7-6-9-15(24)2;/h15H,5-14H2,1-4H3,(H2,20,21,22);1H. The smallest absolute Gasteiger partial charge is 0.190 e. The lowest BCUT2D eigenvalue weighted by Crippen LogP contribution is -2.41. The number of thiazole rings is 1. The first-order valence-electron chi connectivity index (χ1n) is 9.77. The highest BCUT2D eigenvalue weighted by Crippen LogP contribution is 2.18. The van der Waals surface area contributed by atoms with Gasteiger partial charge < -0.3 is 15.5 Å². The predicted octanol–water partition coefficient (Wildman–Crippen LogP) is 3.60. The van der Waals surface area contributed by atoms with E-state index in [-0.39, 0.29) is 24.0 Å². The number of nitrogens with zero attached hydrogens (tertiary/aromatic N) is 3. The van der Waals surface area contributed by atoms with E-state index >= 15 is 0 Å². The maximum atomic E-state index is 4.70. The number of likely N-dealkylation sites (tertiary alicyclic amines) is 1. The van der Waals surface area contributed by atoms with E-state index in [0.29, 0.717) is 0 Å². The van der Waals surface area contributed by atoms with Crippen molar-refractivity contribution in [2.45, 2.75) is 65.3 Å². The maximum Gasteiger partial charge on any atom is 0.190 e. The van der Waals surface area contributed by atoms with Crippen LogP contribution in [0.15, 0.2) is 4.99 Å². The van der Waals surface area contributed by atoms with Crippen molar-refractivity contribution >= 4 is 41.3 Å². The molecule has 2 N–H and O–H groups in total. The molecule has 1 aliphatic rings. The van der Waals surface area contributed by atoms with E-state index in [2.05, 4.69) is 41.3 Å². The Morgan fingerprint density at radius 2 is 2.08 bits per heavy atom. The van der Waals surface area contributed by atoms with Crippen molar-refractivity contribution in [2.24, 2.45) is 4.99 Å². The van der Waals surface area contributed by atoms with Gasteiger partial charge in [0, 0.05) is 44.0 Å². The van der Waals surface area contributed by atoms with Crippen LogP contribution in [0.25, 0.3) is 0 Å². The van der Waals surface area contributed by atoms with Crippen molar-refractivity contribution in [1.29, 1.82) is 0 Å². The monoisotopic (exact) mass is 493 g/mol.